The Balaban J connectivity index is 1.19. The van der Waals surface area contributed by atoms with Gasteiger partial charge in [0, 0.05) is 6.07 Å². The van der Waals surface area contributed by atoms with Crippen molar-refractivity contribution in [3.8, 4) is 0 Å². The van der Waals surface area contributed by atoms with Gasteiger partial charge >= 0.3 is 5.97 Å². The van der Waals surface area contributed by atoms with E-state index in [2.05, 4.69) is 22.6 Å². The summed E-state index contributed by atoms with van der Waals surface area (Å²) < 4.78 is 9.81. The number of carbonyl (C=O) groups is 4. The fraction of sp³-hybridized carbons (Fsp3) is 0.435. The summed E-state index contributed by atoms with van der Waals surface area (Å²) in [5, 5.41) is 6.05. The summed E-state index contributed by atoms with van der Waals surface area (Å²) in [5.41, 5.74) is 1.20. The van der Waals surface area contributed by atoms with Crippen LogP contribution in [-0.4, -0.2) is 46.9 Å². The smallest absolute Gasteiger partial charge is 0.326 e. The lowest BCUT2D eigenvalue weighted by atomic mass is 9.73. The largest absolute Gasteiger partial charge is 0.454 e. The summed E-state index contributed by atoms with van der Waals surface area (Å²) in [4.78, 5) is 51.2. The number of amides is 3. The lowest BCUT2D eigenvalue weighted by Gasteiger charge is -2.28. The van der Waals surface area contributed by atoms with Crippen molar-refractivity contribution in [2.75, 3.05) is 18.5 Å². The van der Waals surface area contributed by atoms with E-state index in [9.17, 15) is 19.2 Å². The molecule has 5 rings (SSSR count). The van der Waals surface area contributed by atoms with Gasteiger partial charge in [-0.1, -0.05) is 35.5 Å². The van der Waals surface area contributed by atoms with E-state index in [1.165, 1.54) is 11.6 Å². The van der Waals surface area contributed by atoms with E-state index < -0.39 is 25.0 Å². The number of aryl methyl sites for hydroxylation is 1. The molecule has 1 aromatic carbocycles. The molecule has 1 N–H and O–H groups in total. The van der Waals surface area contributed by atoms with Gasteiger partial charge in [-0.05, 0) is 43.1 Å². The number of esters is 1. The summed E-state index contributed by atoms with van der Waals surface area (Å²) >= 11 is 0. The van der Waals surface area contributed by atoms with Crippen LogP contribution in [0.2, 0.25) is 0 Å². The SMILES string of the molecule is Cc1cc(NC(=O)COC(=O)CN2C(=O)[C@@H]3[C@@H]4C[C@@H]([C@@H]3C2=O)[C@H](c2ccccc2)C4)no1. The van der Waals surface area contributed by atoms with Crippen LogP contribution in [0.1, 0.15) is 30.1 Å². The van der Waals surface area contributed by atoms with Crippen LogP contribution in [0.3, 0.4) is 0 Å². The van der Waals surface area contributed by atoms with Crippen LogP contribution in [0, 0.1) is 30.6 Å². The molecular formula is C23H23N3O6. The molecule has 2 saturated carbocycles. The first-order chi connectivity index (χ1) is 15.4. The van der Waals surface area contributed by atoms with E-state index in [1.807, 2.05) is 18.2 Å². The van der Waals surface area contributed by atoms with Crippen LogP contribution >= 0.6 is 0 Å². The maximum atomic E-state index is 13.1. The number of anilines is 1. The Bertz CT molecular complexity index is 1080. The van der Waals surface area contributed by atoms with E-state index >= 15 is 0 Å². The van der Waals surface area contributed by atoms with Crippen LogP contribution in [0.15, 0.2) is 40.9 Å². The second kappa shape index (κ2) is 7.89. The van der Waals surface area contributed by atoms with Gasteiger partial charge in [0.15, 0.2) is 12.4 Å². The molecule has 1 aromatic heterocycles. The highest BCUT2D eigenvalue weighted by molar-refractivity contribution is 6.08. The maximum Gasteiger partial charge on any atom is 0.326 e. The van der Waals surface area contributed by atoms with Crippen molar-refractivity contribution in [2.45, 2.75) is 25.7 Å². The number of rotatable bonds is 6. The molecule has 3 amide bonds. The normalized spacial score (nSPS) is 28.2. The highest BCUT2D eigenvalue weighted by atomic mass is 16.5. The highest BCUT2D eigenvalue weighted by Gasteiger charge is 2.64. The quantitative estimate of drug-likeness (QED) is 0.541. The molecule has 166 valence electrons. The number of nitrogens with one attached hydrogen (secondary N) is 1. The average Bonchev–Trinajstić information content (AvgIpc) is 3.53. The maximum absolute atomic E-state index is 13.1. The van der Waals surface area contributed by atoms with Gasteiger partial charge < -0.3 is 14.6 Å². The third-order valence-corrected chi connectivity index (χ3v) is 6.88. The zero-order valence-corrected chi connectivity index (χ0v) is 17.5. The lowest BCUT2D eigenvalue weighted by Crippen LogP contribution is -2.38. The number of likely N-dealkylation sites (tertiary alicyclic amines) is 1. The molecule has 5 atom stereocenters. The molecule has 2 bridgehead atoms. The summed E-state index contributed by atoms with van der Waals surface area (Å²) in [7, 11) is 0. The van der Waals surface area contributed by atoms with Gasteiger partial charge in [-0.3, -0.25) is 24.1 Å². The lowest BCUT2D eigenvalue weighted by molar-refractivity contribution is -0.154. The summed E-state index contributed by atoms with van der Waals surface area (Å²) in [6, 6.07) is 11.6. The van der Waals surface area contributed by atoms with Gasteiger partial charge in [0.2, 0.25) is 11.8 Å². The van der Waals surface area contributed by atoms with Gasteiger partial charge in [-0.2, -0.15) is 0 Å². The molecular weight excluding hydrogens is 414 g/mol. The van der Waals surface area contributed by atoms with E-state index in [-0.39, 0.29) is 47.2 Å². The number of ether oxygens (including phenoxy) is 1. The first kappa shape index (κ1) is 20.4. The molecule has 9 nitrogen and oxygen atoms in total. The summed E-state index contributed by atoms with van der Waals surface area (Å²) in [6.07, 6.45) is 1.75. The molecule has 3 aliphatic rings. The van der Waals surface area contributed by atoms with Gasteiger partial charge in [-0.15, -0.1) is 0 Å². The number of hydrogen-bond acceptors (Lipinski definition) is 7. The third-order valence-electron chi connectivity index (χ3n) is 6.88. The number of aromatic nitrogens is 1. The van der Waals surface area contributed by atoms with Crippen molar-refractivity contribution in [3.05, 3.63) is 47.7 Å². The number of benzene rings is 1. The van der Waals surface area contributed by atoms with Crippen molar-refractivity contribution in [1.29, 1.82) is 0 Å². The predicted molar refractivity (Wildman–Crippen MR) is 110 cm³/mol. The minimum Gasteiger partial charge on any atom is -0.454 e. The van der Waals surface area contributed by atoms with E-state index in [0.717, 1.165) is 17.7 Å². The molecule has 0 spiro atoms. The Hall–Kier alpha value is -3.49. The Morgan fingerprint density at radius 2 is 1.91 bits per heavy atom. The van der Waals surface area contributed by atoms with E-state index in [0.29, 0.717) is 5.76 Å². The van der Waals surface area contributed by atoms with Crippen molar-refractivity contribution < 1.29 is 28.4 Å². The number of fused-ring (bicyclic) bond motifs is 5. The first-order valence-corrected chi connectivity index (χ1v) is 10.7. The van der Waals surface area contributed by atoms with Crippen molar-refractivity contribution in [2.24, 2.45) is 23.7 Å². The van der Waals surface area contributed by atoms with Gasteiger partial charge in [0.05, 0.1) is 11.8 Å². The molecule has 1 aliphatic heterocycles. The van der Waals surface area contributed by atoms with Crippen LogP contribution in [0.5, 0.6) is 0 Å². The third kappa shape index (κ3) is 3.47. The summed E-state index contributed by atoms with van der Waals surface area (Å²) in [6.45, 7) is 0.655. The molecule has 2 aromatic rings. The monoisotopic (exact) mass is 437 g/mol. The molecule has 2 heterocycles. The van der Waals surface area contributed by atoms with Gasteiger partial charge in [0.25, 0.3) is 5.91 Å². The van der Waals surface area contributed by atoms with Crippen molar-refractivity contribution in [3.63, 3.8) is 0 Å². The number of imide groups is 1. The highest BCUT2D eigenvalue weighted by Crippen LogP contribution is 2.61. The Kier molecular flexibility index (Phi) is 5.03. The fourth-order valence-corrected chi connectivity index (χ4v) is 5.69. The first-order valence-electron chi connectivity index (χ1n) is 10.7. The molecule has 9 heteroatoms. The van der Waals surface area contributed by atoms with E-state index in [1.54, 1.807) is 6.92 Å². The summed E-state index contributed by atoms with van der Waals surface area (Å²) in [5.74, 6) is -1.44. The number of carbonyl (C=O) groups excluding carboxylic acids is 4. The minimum atomic E-state index is -0.801. The molecule has 0 radical (unpaired) electrons. The zero-order valence-electron chi connectivity index (χ0n) is 17.5. The standard InChI is InChI=1S/C23H23N3O6/c1-12-7-17(25-32-12)24-18(27)11-31-19(28)10-26-22(29)20-14-8-15(13-5-3-2-4-6-13)16(9-14)21(20)23(26)30/h2-7,14-16,20-21H,8-11H2,1H3,(H,24,25,27)/t14-,15-,16+,20+,21-/m0/s1. The van der Waals surface area contributed by atoms with Crippen LogP contribution in [0.4, 0.5) is 5.82 Å². The Morgan fingerprint density at radius 3 is 2.62 bits per heavy atom. The molecule has 3 fully saturated rings. The Morgan fingerprint density at radius 1 is 1.16 bits per heavy atom. The van der Waals surface area contributed by atoms with Crippen molar-refractivity contribution >= 4 is 29.5 Å². The minimum absolute atomic E-state index is 0.113. The van der Waals surface area contributed by atoms with Gasteiger partial charge in [0.1, 0.15) is 12.3 Å². The second-order valence-electron chi connectivity index (χ2n) is 8.76. The van der Waals surface area contributed by atoms with Crippen molar-refractivity contribution in [1.82, 2.24) is 10.1 Å². The molecule has 2 aliphatic carbocycles. The second-order valence-corrected chi connectivity index (χ2v) is 8.76. The molecule has 32 heavy (non-hydrogen) atoms. The average molecular weight is 437 g/mol. The topological polar surface area (TPSA) is 119 Å². The molecule has 0 unspecified atom stereocenters. The van der Waals surface area contributed by atoms with Crippen LogP contribution < -0.4 is 5.32 Å². The predicted octanol–water partition coefficient (Wildman–Crippen LogP) is 1.89. The van der Waals surface area contributed by atoms with Crippen LogP contribution in [0.25, 0.3) is 0 Å². The Labute approximate surface area is 184 Å². The van der Waals surface area contributed by atoms with Crippen LogP contribution in [-0.2, 0) is 23.9 Å². The van der Waals surface area contributed by atoms with Gasteiger partial charge in [-0.25, -0.2) is 0 Å². The zero-order chi connectivity index (χ0) is 22.4. The molecule has 1 saturated heterocycles. The fourth-order valence-electron chi connectivity index (χ4n) is 5.69. The number of hydrogen-bond donors (Lipinski definition) is 1. The number of nitrogens with zero attached hydrogens (tertiary/aromatic N) is 2. The van der Waals surface area contributed by atoms with E-state index in [4.69, 9.17) is 9.26 Å².